The second-order valence-electron chi connectivity index (χ2n) is 9.34. The summed E-state index contributed by atoms with van der Waals surface area (Å²) in [5.74, 6) is 1.34. The van der Waals surface area contributed by atoms with Crippen molar-refractivity contribution in [2.45, 2.75) is 26.1 Å². The second-order valence-corrected chi connectivity index (χ2v) is 9.34. The van der Waals surface area contributed by atoms with Crippen LogP contribution in [0.4, 0.5) is 5.69 Å². The third-order valence-corrected chi connectivity index (χ3v) is 6.55. The van der Waals surface area contributed by atoms with Crippen molar-refractivity contribution >= 4 is 17.5 Å². The lowest BCUT2D eigenvalue weighted by Crippen LogP contribution is -2.47. The Labute approximate surface area is 227 Å². The molecule has 2 amide bonds. The first-order valence-corrected chi connectivity index (χ1v) is 12.7. The number of carbonyl (C=O) groups excluding carboxylic acids is 2. The van der Waals surface area contributed by atoms with Gasteiger partial charge < -0.3 is 19.5 Å². The first-order valence-electron chi connectivity index (χ1n) is 12.7. The van der Waals surface area contributed by atoms with Gasteiger partial charge in [-0.15, -0.1) is 0 Å². The molecule has 0 saturated carbocycles. The van der Waals surface area contributed by atoms with Gasteiger partial charge in [-0.2, -0.15) is 0 Å². The molecule has 1 aliphatic rings. The molecule has 0 fully saturated rings. The van der Waals surface area contributed by atoms with Crippen molar-refractivity contribution in [2.24, 2.45) is 0 Å². The quantitative estimate of drug-likeness (QED) is 0.320. The Morgan fingerprint density at radius 1 is 0.923 bits per heavy atom. The molecular weight excluding hydrogens is 492 g/mol. The van der Waals surface area contributed by atoms with Crippen molar-refractivity contribution in [1.82, 2.24) is 5.32 Å². The maximum atomic E-state index is 13.8. The molecule has 39 heavy (non-hydrogen) atoms. The normalized spacial score (nSPS) is 13.2. The zero-order chi connectivity index (χ0) is 27.2. The molecule has 1 N–H and O–H groups in total. The number of aryl methyl sites for hydroxylation is 1. The maximum absolute atomic E-state index is 13.8. The molecular formula is C32H30N2O5. The summed E-state index contributed by atoms with van der Waals surface area (Å²) in [5, 5.41) is 3.03. The van der Waals surface area contributed by atoms with Crippen LogP contribution in [0.15, 0.2) is 97.1 Å². The Morgan fingerprint density at radius 3 is 2.46 bits per heavy atom. The number of methoxy groups -OCH3 is 1. The van der Waals surface area contributed by atoms with Gasteiger partial charge in [-0.1, -0.05) is 60.7 Å². The number of hydrogen-bond donors (Lipinski definition) is 1. The van der Waals surface area contributed by atoms with E-state index in [1.165, 1.54) is 4.90 Å². The number of anilines is 1. The van der Waals surface area contributed by atoms with Gasteiger partial charge in [-0.3, -0.25) is 14.5 Å². The van der Waals surface area contributed by atoms with Gasteiger partial charge in [0.25, 0.3) is 5.91 Å². The molecule has 4 aromatic carbocycles. The van der Waals surface area contributed by atoms with Gasteiger partial charge in [0, 0.05) is 6.54 Å². The van der Waals surface area contributed by atoms with E-state index in [9.17, 15) is 9.59 Å². The van der Waals surface area contributed by atoms with Crippen LogP contribution in [0, 0.1) is 6.92 Å². The maximum Gasteiger partial charge on any atom is 0.266 e. The summed E-state index contributed by atoms with van der Waals surface area (Å²) < 4.78 is 16.9. The van der Waals surface area contributed by atoms with E-state index in [1.807, 2.05) is 79.7 Å². The number of carbonyl (C=O) groups is 2. The first-order chi connectivity index (χ1) is 19.0. The smallest absolute Gasteiger partial charge is 0.266 e. The van der Waals surface area contributed by atoms with Crippen LogP contribution in [0.5, 0.6) is 17.2 Å². The third-order valence-electron chi connectivity index (χ3n) is 6.55. The Kier molecular flexibility index (Phi) is 7.78. The number of amides is 2. The largest absolute Gasteiger partial charge is 0.497 e. The Morgan fingerprint density at radius 2 is 1.69 bits per heavy atom. The topological polar surface area (TPSA) is 77.1 Å². The SMILES string of the molecule is COc1ccc(C(C(=O)NCc2cccc(OCc3ccccc3)c2)N2C(=O)COc3ccc(C)cc32)cc1. The van der Waals surface area contributed by atoms with Gasteiger partial charge in [0.15, 0.2) is 6.61 Å². The molecule has 0 spiro atoms. The standard InChI is InChI=1S/C32H30N2O5/c1-22-11-16-29-28(17-22)34(30(35)21-39-29)31(25-12-14-26(37-2)15-13-25)32(36)33-19-24-9-6-10-27(18-24)38-20-23-7-4-3-5-8-23/h3-18,31H,19-21H2,1-2H3,(H,33,36). The molecule has 7 nitrogen and oxygen atoms in total. The Balaban J connectivity index is 1.38. The highest BCUT2D eigenvalue weighted by molar-refractivity contribution is 6.04. The van der Waals surface area contributed by atoms with Crippen molar-refractivity contribution in [3.63, 3.8) is 0 Å². The molecule has 7 heteroatoms. The fourth-order valence-electron chi connectivity index (χ4n) is 4.54. The minimum absolute atomic E-state index is 0.142. The van der Waals surface area contributed by atoms with Gasteiger partial charge in [0.2, 0.25) is 5.91 Å². The third kappa shape index (κ3) is 6.04. The van der Waals surface area contributed by atoms with Crippen molar-refractivity contribution in [2.75, 3.05) is 18.6 Å². The van der Waals surface area contributed by atoms with Crippen LogP contribution in [-0.2, 0) is 22.7 Å². The van der Waals surface area contributed by atoms with Crippen molar-refractivity contribution in [3.8, 4) is 17.2 Å². The van der Waals surface area contributed by atoms with E-state index in [2.05, 4.69) is 5.32 Å². The summed E-state index contributed by atoms with van der Waals surface area (Å²) in [5.41, 5.74) is 4.14. The van der Waals surface area contributed by atoms with E-state index in [0.717, 1.165) is 16.7 Å². The lowest BCUT2D eigenvalue weighted by molar-refractivity contribution is -0.128. The van der Waals surface area contributed by atoms with Crippen LogP contribution in [0.25, 0.3) is 0 Å². The predicted molar refractivity (Wildman–Crippen MR) is 149 cm³/mol. The van der Waals surface area contributed by atoms with Crippen LogP contribution in [0.2, 0.25) is 0 Å². The molecule has 0 aromatic heterocycles. The molecule has 0 bridgehead atoms. The molecule has 1 atom stereocenters. The number of fused-ring (bicyclic) bond motifs is 1. The van der Waals surface area contributed by atoms with Crippen LogP contribution in [-0.4, -0.2) is 25.5 Å². The zero-order valence-corrected chi connectivity index (χ0v) is 21.9. The molecule has 1 aliphatic heterocycles. The number of ether oxygens (including phenoxy) is 3. The monoisotopic (exact) mass is 522 g/mol. The van der Waals surface area contributed by atoms with E-state index < -0.39 is 6.04 Å². The minimum atomic E-state index is -0.898. The summed E-state index contributed by atoms with van der Waals surface area (Å²) in [6.07, 6.45) is 0. The average Bonchev–Trinajstić information content (AvgIpc) is 2.97. The number of hydrogen-bond acceptors (Lipinski definition) is 5. The predicted octanol–water partition coefficient (Wildman–Crippen LogP) is 5.37. The zero-order valence-electron chi connectivity index (χ0n) is 21.9. The number of nitrogens with zero attached hydrogens (tertiary/aromatic N) is 1. The van der Waals surface area contributed by atoms with Gasteiger partial charge in [0.05, 0.1) is 12.8 Å². The van der Waals surface area contributed by atoms with Gasteiger partial charge in [-0.25, -0.2) is 0 Å². The lowest BCUT2D eigenvalue weighted by Gasteiger charge is -2.35. The summed E-state index contributed by atoms with van der Waals surface area (Å²) in [4.78, 5) is 28.5. The summed E-state index contributed by atoms with van der Waals surface area (Å²) >= 11 is 0. The number of nitrogens with one attached hydrogen (secondary N) is 1. The van der Waals surface area contributed by atoms with E-state index in [1.54, 1.807) is 31.4 Å². The highest BCUT2D eigenvalue weighted by atomic mass is 16.5. The first kappa shape index (κ1) is 25.9. The van der Waals surface area contributed by atoms with Gasteiger partial charge in [0.1, 0.15) is 29.9 Å². The Hall–Kier alpha value is -4.78. The number of rotatable bonds is 9. The summed E-state index contributed by atoms with van der Waals surface area (Å²) in [7, 11) is 1.58. The lowest BCUT2D eigenvalue weighted by atomic mass is 10.0. The van der Waals surface area contributed by atoms with E-state index in [-0.39, 0.29) is 25.0 Å². The van der Waals surface area contributed by atoms with E-state index in [4.69, 9.17) is 14.2 Å². The molecule has 0 aliphatic carbocycles. The van der Waals surface area contributed by atoms with E-state index in [0.29, 0.717) is 35.1 Å². The second kappa shape index (κ2) is 11.7. The van der Waals surface area contributed by atoms with Gasteiger partial charge >= 0.3 is 0 Å². The van der Waals surface area contributed by atoms with Crippen LogP contribution >= 0.6 is 0 Å². The van der Waals surface area contributed by atoms with Crippen molar-refractivity contribution in [3.05, 3.63) is 119 Å². The highest BCUT2D eigenvalue weighted by Crippen LogP contribution is 2.38. The molecule has 0 radical (unpaired) electrons. The van der Waals surface area contributed by atoms with Crippen LogP contribution in [0.3, 0.4) is 0 Å². The average molecular weight is 523 g/mol. The minimum Gasteiger partial charge on any atom is -0.497 e. The highest BCUT2D eigenvalue weighted by Gasteiger charge is 2.37. The van der Waals surface area contributed by atoms with Crippen molar-refractivity contribution in [1.29, 1.82) is 0 Å². The van der Waals surface area contributed by atoms with Crippen LogP contribution < -0.4 is 24.4 Å². The fraction of sp³-hybridized carbons (Fsp3) is 0.188. The summed E-state index contributed by atoms with van der Waals surface area (Å²) in [6.45, 7) is 2.52. The molecule has 1 heterocycles. The van der Waals surface area contributed by atoms with Crippen LogP contribution in [0.1, 0.15) is 28.3 Å². The summed E-state index contributed by atoms with van der Waals surface area (Å²) in [6, 6.07) is 29.4. The molecule has 0 saturated heterocycles. The molecule has 1 unspecified atom stereocenters. The molecule has 198 valence electrons. The van der Waals surface area contributed by atoms with Crippen molar-refractivity contribution < 1.29 is 23.8 Å². The fourth-order valence-corrected chi connectivity index (χ4v) is 4.54. The van der Waals surface area contributed by atoms with E-state index >= 15 is 0 Å². The molecule has 5 rings (SSSR count). The van der Waals surface area contributed by atoms with Gasteiger partial charge in [-0.05, 0) is 65.6 Å². The molecule has 4 aromatic rings. The number of benzene rings is 4. The Bertz CT molecular complexity index is 1450.